The summed E-state index contributed by atoms with van der Waals surface area (Å²) in [4.78, 5) is 34.4. The van der Waals surface area contributed by atoms with E-state index >= 15 is 0 Å². The molecule has 6 nitrogen and oxygen atoms in total. The Morgan fingerprint density at radius 2 is 1.96 bits per heavy atom. The van der Waals surface area contributed by atoms with Crippen molar-refractivity contribution in [1.29, 1.82) is 0 Å². The first kappa shape index (κ1) is 20.1. The van der Waals surface area contributed by atoms with Crippen molar-refractivity contribution in [1.82, 2.24) is 14.9 Å². The van der Waals surface area contributed by atoms with Crippen molar-refractivity contribution in [3.63, 3.8) is 0 Å². The Bertz CT molecular complexity index is 874. The second kappa shape index (κ2) is 9.04. The van der Waals surface area contributed by atoms with Crippen molar-refractivity contribution in [2.24, 2.45) is 0 Å². The number of rotatable bonds is 5. The Morgan fingerprint density at radius 3 is 2.64 bits per heavy atom. The number of ether oxygens (including phenoxy) is 1. The van der Waals surface area contributed by atoms with Crippen molar-refractivity contribution in [3.05, 3.63) is 57.3 Å². The van der Waals surface area contributed by atoms with Gasteiger partial charge >= 0.3 is 0 Å². The maximum Gasteiger partial charge on any atom is 0.254 e. The molecule has 1 amide bonds. The lowest BCUT2D eigenvalue weighted by Crippen LogP contribution is -2.35. The molecule has 1 atom stereocenters. The highest BCUT2D eigenvalue weighted by molar-refractivity contribution is 5.77. The third-order valence-corrected chi connectivity index (χ3v) is 5.50. The van der Waals surface area contributed by atoms with E-state index in [-0.39, 0.29) is 17.5 Å². The molecule has 6 heteroatoms. The Hall–Kier alpha value is -2.63. The Balaban J connectivity index is 1.76. The van der Waals surface area contributed by atoms with Crippen LogP contribution in [-0.2, 0) is 11.2 Å². The first-order valence-corrected chi connectivity index (χ1v) is 9.99. The third-order valence-electron chi connectivity index (χ3n) is 5.50. The van der Waals surface area contributed by atoms with Gasteiger partial charge in [0.2, 0.25) is 5.91 Å². The van der Waals surface area contributed by atoms with Crippen LogP contribution in [0.25, 0.3) is 0 Å². The van der Waals surface area contributed by atoms with E-state index in [9.17, 15) is 9.59 Å². The molecule has 1 fully saturated rings. The molecule has 1 unspecified atom stereocenters. The number of methoxy groups -OCH3 is 1. The lowest BCUT2D eigenvalue weighted by molar-refractivity contribution is -0.133. The molecule has 1 aliphatic rings. The molecule has 1 saturated heterocycles. The van der Waals surface area contributed by atoms with Crippen LogP contribution < -0.4 is 10.3 Å². The van der Waals surface area contributed by atoms with E-state index in [1.54, 1.807) is 14.0 Å². The van der Waals surface area contributed by atoms with Gasteiger partial charge in [0.15, 0.2) is 0 Å². The summed E-state index contributed by atoms with van der Waals surface area (Å²) in [6.07, 6.45) is 4.96. The minimum atomic E-state index is -0.139. The molecule has 1 aliphatic heterocycles. The monoisotopic (exact) mass is 383 g/mol. The van der Waals surface area contributed by atoms with Crippen LogP contribution in [0.15, 0.2) is 29.1 Å². The molecule has 0 radical (unpaired) electrons. The van der Waals surface area contributed by atoms with Gasteiger partial charge in [0.1, 0.15) is 11.6 Å². The first-order valence-electron chi connectivity index (χ1n) is 9.99. The Morgan fingerprint density at radius 1 is 1.21 bits per heavy atom. The van der Waals surface area contributed by atoms with Gasteiger partial charge in [-0.05, 0) is 50.8 Å². The highest BCUT2D eigenvalue weighted by atomic mass is 16.5. The van der Waals surface area contributed by atoms with Crippen molar-refractivity contribution in [3.8, 4) is 5.75 Å². The predicted octanol–water partition coefficient (Wildman–Crippen LogP) is 3.47. The molecule has 2 heterocycles. The summed E-state index contributed by atoms with van der Waals surface area (Å²) in [5.74, 6) is 1.52. The molecular weight excluding hydrogens is 354 g/mol. The number of carbonyl (C=O) groups excluding carboxylic acids is 1. The number of aromatic amines is 1. The van der Waals surface area contributed by atoms with Gasteiger partial charge in [0.25, 0.3) is 5.56 Å². The van der Waals surface area contributed by atoms with Crippen LogP contribution >= 0.6 is 0 Å². The van der Waals surface area contributed by atoms with Gasteiger partial charge in [-0.2, -0.15) is 0 Å². The maximum atomic E-state index is 13.1. The lowest BCUT2D eigenvalue weighted by atomic mass is 10.00. The van der Waals surface area contributed by atoms with Crippen LogP contribution in [0.5, 0.6) is 5.75 Å². The van der Waals surface area contributed by atoms with E-state index < -0.39 is 0 Å². The topological polar surface area (TPSA) is 75.3 Å². The average molecular weight is 383 g/mol. The number of amides is 1. The number of H-pyrrole nitrogens is 1. The molecule has 0 saturated carbocycles. The van der Waals surface area contributed by atoms with Crippen molar-refractivity contribution < 1.29 is 9.53 Å². The van der Waals surface area contributed by atoms with Crippen LogP contribution in [0, 0.1) is 13.8 Å². The summed E-state index contributed by atoms with van der Waals surface area (Å²) in [5.41, 5.74) is 2.31. The van der Waals surface area contributed by atoms with Gasteiger partial charge in [-0.1, -0.05) is 25.0 Å². The molecule has 1 aromatic carbocycles. The van der Waals surface area contributed by atoms with Gasteiger partial charge in [-0.15, -0.1) is 0 Å². The van der Waals surface area contributed by atoms with Gasteiger partial charge in [-0.3, -0.25) is 9.59 Å². The molecule has 0 bridgehead atoms. The highest BCUT2D eigenvalue weighted by Crippen LogP contribution is 2.31. The molecule has 3 rings (SSSR count). The minimum Gasteiger partial charge on any atom is -0.497 e. The number of benzene rings is 1. The van der Waals surface area contributed by atoms with E-state index in [1.807, 2.05) is 36.1 Å². The van der Waals surface area contributed by atoms with Crippen molar-refractivity contribution in [2.45, 2.75) is 58.4 Å². The summed E-state index contributed by atoms with van der Waals surface area (Å²) in [5, 5.41) is 0. The van der Waals surface area contributed by atoms with Gasteiger partial charge in [-0.25, -0.2) is 4.98 Å². The SMILES string of the molecule is COc1ccc(C2CCCCCN2C(=O)CCc2c(C)nc(C)[nH]c2=O)cc1. The number of aryl methyl sites for hydroxylation is 2. The molecule has 0 spiro atoms. The van der Waals surface area contributed by atoms with Crippen LogP contribution in [0.3, 0.4) is 0 Å². The fraction of sp³-hybridized carbons (Fsp3) is 0.500. The van der Waals surface area contributed by atoms with Crippen LogP contribution in [-0.4, -0.2) is 34.4 Å². The largest absolute Gasteiger partial charge is 0.497 e. The summed E-state index contributed by atoms with van der Waals surface area (Å²) < 4.78 is 5.25. The average Bonchev–Trinajstić information content (AvgIpc) is 2.93. The second-order valence-electron chi connectivity index (χ2n) is 7.44. The highest BCUT2D eigenvalue weighted by Gasteiger charge is 2.26. The van der Waals surface area contributed by atoms with E-state index in [0.29, 0.717) is 29.9 Å². The Labute approximate surface area is 165 Å². The predicted molar refractivity (Wildman–Crippen MR) is 109 cm³/mol. The lowest BCUT2D eigenvalue weighted by Gasteiger charge is -2.31. The smallest absolute Gasteiger partial charge is 0.254 e. The number of nitrogens with one attached hydrogen (secondary N) is 1. The van der Waals surface area contributed by atoms with E-state index in [1.165, 1.54) is 0 Å². The summed E-state index contributed by atoms with van der Waals surface area (Å²) in [6, 6.07) is 8.08. The van der Waals surface area contributed by atoms with Crippen molar-refractivity contribution in [2.75, 3.05) is 13.7 Å². The van der Waals surface area contributed by atoms with Gasteiger partial charge in [0, 0.05) is 24.2 Å². The first-order chi connectivity index (χ1) is 13.5. The zero-order chi connectivity index (χ0) is 20.1. The van der Waals surface area contributed by atoms with Gasteiger partial charge in [0.05, 0.1) is 13.2 Å². The number of hydrogen-bond donors (Lipinski definition) is 1. The van der Waals surface area contributed by atoms with E-state index in [0.717, 1.165) is 43.5 Å². The molecule has 1 aromatic heterocycles. The molecular formula is C22H29N3O3. The molecule has 0 aliphatic carbocycles. The number of hydrogen-bond acceptors (Lipinski definition) is 4. The normalized spacial score (nSPS) is 17.2. The number of likely N-dealkylation sites (tertiary alicyclic amines) is 1. The maximum absolute atomic E-state index is 13.1. The molecule has 1 N–H and O–H groups in total. The van der Waals surface area contributed by atoms with E-state index in [2.05, 4.69) is 9.97 Å². The molecule has 150 valence electrons. The second-order valence-corrected chi connectivity index (χ2v) is 7.44. The molecule has 2 aromatic rings. The zero-order valence-corrected chi connectivity index (χ0v) is 17.0. The summed E-state index contributed by atoms with van der Waals surface area (Å²) in [7, 11) is 1.65. The molecule has 28 heavy (non-hydrogen) atoms. The van der Waals surface area contributed by atoms with Crippen LogP contribution in [0.1, 0.15) is 60.8 Å². The number of carbonyl (C=O) groups is 1. The van der Waals surface area contributed by atoms with Crippen LogP contribution in [0.4, 0.5) is 0 Å². The van der Waals surface area contributed by atoms with Gasteiger partial charge < -0.3 is 14.6 Å². The fourth-order valence-electron chi connectivity index (χ4n) is 4.00. The standard InChI is InChI=1S/C22H29N3O3/c1-15-19(22(27)24-16(2)23-15)12-13-21(26)25-14-6-4-5-7-20(25)17-8-10-18(28-3)11-9-17/h8-11,20H,4-7,12-14H2,1-3H3,(H,23,24,27). The Kier molecular flexibility index (Phi) is 6.49. The number of nitrogens with zero attached hydrogens (tertiary/aromatic N) is 2. The fourth-order valence-corrected chi connectivity index (χ4v) is 4.00. The quantitative estimate of drug-likeness (QED) is 0.858. The number of aromatic nitrogens is 2. The summed E-state index contributed by atoms with van der Waals surface area (Å²) >= 11 is 0. The van der Waals surface area contributed by atoms with Crippen LogP contribution in [0.2, 0.25) is 0 Å². The minimum absolute atomic E-state index is 0.0800. The summed E-state index contributed by atoms with van der Waals surface area (Å²) in [6.45, 7) is 4.35. The van der Waals surface area contributed by atoms with Crippen molar-refractivity contribution >= 4 is 5.91 Å². The zero-order valence-electron chi connectivity index (χ0n) is 17.0. The van der Waals surface area contributed by atoms with E-state index in [4.69, 9.17) is 4.74 Å². The third kappa shape index (κ3) is 4.61.